The molecule has 0 saturated heterocycles. The summed E-state index contributed by atoms with van der Waals surface area (Å²) in [5.41, 5.74) is 0. The second kappa shape index (κ2) is 6.52. The first-order chi connectivity index (χ1) is 2.41. The number of hydrogen-bond donors (Lipinski definition) is 0. The monoisotopic (exact) mass is 224 g/mol. The van der Waals surface area contributed by atoms with Gasteiger partial charge in [0.1, 0.15) is 0 Å². The van der Waals surface area contributed by atoms with E-state index in [2.05, 4.69) is -3.77 Å². The van der Waals surface area contributed by atoms with Crippen molar-refractivity contribution in [1.82, 2.24) is 0 Å². The maximum atomic E-state index is 9.37. The van der Waals surface area contributed by atoms with Crippen LogP contribution in [0.4, 0.5) is 0 Å². The van der Waals surface area contributed by atoms with Crippen molar-refractivity contribution in [2.24, 2.45) is 0 Å². The van der Waals surface area contributed by atoms with Gasteiger partial charge in [-0.3, -0.25) is 0 Å². The normalized spacial score (nSPS) is 6.40. The molecule has 0 aromatic rings. The molecular formula is O3Sr2. The molecule has 6 radical (unpaired) electrons. The predicted molar refractivity (Wildman–Crippen MR) is 14.0 cm³/mol. The van der Waals surface area contributed by atoms with E-state index < -0.39 is 83.6 Å². The molecule has 0 aromatic carbocycles. The van der Waals surface area contributed by atoms with Gasteiger partial charge in [0.25, 0.3) is 0 Å². The van der Waals surface area contributed by atoms with Crippen LogP contribution in [0.2, 0.25) is 0 Å². The van der Waals surface area contributed by atoms with E-state index in [1.165, 1.54) is 0 Å². The van der Waals surface area contributed by atoms with Gasteiger partial charge in [0, 0.05) is 0 Å². The Balaban J connectivity index is 2.65. The van der Waals surface area contributed by atoms with Crippen molar-refractivity contribution in [2.45, 2.75) is 0 Å². The summed E-state index contributed by atoms with van der Waals surface area (Å²) in [6.07, 6.45) is 0. The van der Waals surface area contributed by atoms with Crippen LogP contribution in [0.25, 0.3) is 0 Å². The zero-order chi connectivity index (χ0) is 4.12. The van der Waals surface area contributed by atoms with Gasteiger partial charge in [0.2, 0.25) is 0 Å². The van der Waals surface area contributed by atoms with Crippen molar-refractivity contribution >= 4 is 83.6 Å². The van der Waals surface area contributed by atoms with Gasteiger partial charge in [-0.25, -0.2) is 0 Å². The third-order valence-corrected chi connectivity index (χ3v) is 5.83. The Morgan fingerprint density at radius 3 is 1.60 bits per heavy atom. The van der Waals surface area contributed by atoms with Crippen molar-refractivity contribution in [3.8, 4) is 0 Å². The predicted octanol–water partition coefficient (Wildman–Crippen LogP) is -1.07. The molecule has 0 aliphatic heterocycles. The molecule has 0 atom stereocenters. The van der Waals surface area contributed by atoms with Crippen LogP contribution in [0.1, 0.15) is 0 Å². The molecule has 0 aliphatic carbocycles. The standard InChI is InChI=1S/3O.2Sr. The molecule has 0 fully saturated rings. The summed E-state index contributed by atoms with van der Waals surface area (Å²) in [6, 6.07) is 0. The zero-order valence-corrected chi connectivity index (χ0v) is 9.59. The molecule has 0 unspecified atom stereocenters. The van der Waals surface area contributed by atoms with Crippen LogP contribution in [0.3, 0.4) is 0 Å². The molecule has 0 N–H and O–H groups in total. The van der Waals surface area contributed by atoms with Gasteiger partial charge in [-0.15, -0.1) is 0 Å². The topological polar surface area (TPSA) is 43.4 Å². The Labute approximate surface area is 78.0 Å². The number of rotatable bonds is 2. The van der Waals surface area contributed by atoms with Crippen LogP contribution in [-0.4, -0.2) is 83.6 Å². The Hall–Kier alpha value is 2.52. The first kappa shape index (κ1) is 7.52. The van der Waals surface area contributed by atoms with Gasteiger partial charge in [0.05, 0.1) is 0 Å². The summed E-state index contributed by atoms with van der Waals surface area (Å²) in [4.78, 5) is 0. The van der Waals surface area contributed by atoms with E-state index in [9.17, 15) is 0.941 Å². The van der Waals surface area contributed by atoms with Gasteiger partial charge in [-0.05, 0) is 0 Å². The summed E-state index contributed by atoms with van der Waals surface area (Å²) in [6.45, 7) is 0. The fraction of sp³-hybridized carbons (Fsp3) is 0. The van der Waals surface area contributed by atoms with Gasteiger partial charge in [-0.2, -0.15) is 0 Å². The Morgan fingerprint density at radius 2 is 1.60 bits per heavy atom. The molecule has 3 nitrogen and oxygen atoms in total. The second-order valence-electron chi connectivity index (χ2n) is 0.440. The summed E-state index contributed by atoms with van der Waals surface area (Å²) < 4.78 is 22.9. The van der Waals surface area contributed by atoms with E-state index in [0.29, 0.717) is 0 Å². The van der Waals surface area contributed by atoms with Crippen LogP contribution in [0.5, 0.6) is 0 Å². The molecule has 0 aromatic heterocycles. The van der Waals surface area contributed by atoms with Crippen molar-refractivity contribution in [2.75, 3.05) is 0 Å². The van der Waals surface area contributed by atoms with E-state index in [1.807, 2.05) is 0 Å². The van der Waals surface area contributed by atoms with Gasteiger partial charge in [-0.1, -0.05) is 0 Å². The second-order valence-corrected chi connectivity index (χ2v) is 8.54. The summed E-state index contributed by atoms with van der Waals surface area (Å²) in [5, 5.41) is 0. The van der Waals surface area contributed by atoms with Crippen LogP contribution < -0.4 is 0 Å². The number of hydrogen-bond acceptors (Lipinski definition) is 3. The van der Waals surface area contributed by atoms with Crippen molar-refractivity contribution < 1.29 is -2.83 Å². The van der Waals surface area contributed by atoms with Crippen LogP contribution in [0, 0.1) is 0 Å². The minimum absolute atomic E-state index is 2.03. The van der Waals surface area contributed by atoms with Gasteiger partial charge >= 0.3 is 80.8 Å². The molecule has 0 saturated carbocycles. The van der Waals surface area contributed by atoms with Crippen LogP contribution in [-0.2, 0) is -2.83 Å². The fourth-order valence-electron chi connectivity index (χ4n) is 0.0340. The van der Waals surface area contributed by atoms with E-state index >= 15 is 0 Å². The molecule has 0 rings (SSSR count). The third kappa shape index (κ3) is 6.52. The first-order valence-corrected chi connectivity index (χ1v) is 6.83. The van der Waals surface area contributed by atoms with Crippen LogP contribution in [0.15, 0.2) is 0 Å². The van der Waals surface area contributed by atoms with Crippen molar-refractivity contribution in [3.63, 3.8) is 0 Å². The zero-order valence-electron chi connectivity index (χ0n) is 2.64. The van der Waals surface area contributed by atoms with E-state index in [1.54, 1.807) is 0 Å². The fourth-order valence-corrected chi connectivity index (χ4v) is 1.19. The van der Waals surface area contributed by atoms with E-state index in [0.717, 1.165) is 0 Å². The Morgan fingerprint density at radius 1 is 1.20 bits per heavy atom. The average molecular weight is 223 g/mol. The van der Waals surface area contributed by atoms with E-state index in [-0.39, 0.29) is 0 Å². The molecular weight excluding hydrogens is 223 g/mol. The summed E-state index contributed by atoms with van der Waals surface area (Å²) >= 11 is -4.06. The van der Waals surface area contributed by atoms with Crippen molar-refractivity contribution in [1.29, 1.82) is 0 Å². The van der Waals surface area contributed by atoms with Gasteiger partial charge in [0.15, 0.2) is 0 Å². The SMILES string of the molecule is [O]=[Sr][O][Sr]=[O]. The molecule has 0 bridgehead atoms. The molecule has 0 spiro atoms. The van der Waals surface area contributed by atoms with Crippen molar-refractivity contribution in [3.05, 3.63) is 0 Å². The molecule has 5 heteroatoms. The minimum atomic E-state index is -2.03. The Bertz CT molecular complexity index is 34.2. The maximum absolute atomic E-state index is 9.37. The third-order valence-electron chi connectivity index (χ3n) is 0.167. The average Bonchev–Trinajstić information content (AvgIpc) is 1.41. The molecule has 0 aliphatic rings. The summed E-state index contributed by atoms with van der Waals surface area (Å²) in [7, 11) is 0. The van der Waals surface area contributed by atoms with Gasteiger partial charge < -0.3 is 0 Å². The Kier molecular flexibility index (Phi) is 9.81. The summed E-state index contributed by atoms with van der Waals surface area (Å²) in [5.74, 6) is 0. The first-order valence-electron chi connectivity index (χ1n) is 1.15. The molecule has 5 heavy (non-hydrogen) atoms. The molecule has 0 heterocycles. The quantitative estimate of drug-likeness (QED) is 0.560. The van der Waals surface area contributed by atoms with E-state index in [4.69, 9.17) is 0 Å². The van der Waals surface area contributed by atoms with Crippen LogP contribution >= 0.6 is 0 Å². The molecule has 0 amide bonds. The molecule has 22 valence electrons.